The van der Waals surface area contributed by atoms with Crippen molar-refractivity contribution in [1.29, 1.82) is 5.26 Å². The Kier molecular flexibility index (Phi) is 3.62. The average Bonchev–Trinajstić information content (AvgIpc) is 2.37. The molecule has 0 spiro atoms. The Hall–Kier alpha value is -1.57. The van der Waals surface area contributed by atoms with E-state index in [0.717, 1.165) is 10.9 Å². The lowest BCUT2D eigenvalue weighted by atomic mass is 10.2. The van der Waals surface area contributed by atoms with Crippen LogP contribution in [-0.2, 0) is 0 Å². The Morgan fingerprint density at radius 1 is 1.47 bits per heavy atom. The average molecular weight is 244 g/mol. The zero-order valence-electron chi connectivity index (χ0n) is 9.42. The number of hydrogen-bond donors (Lipinski definition) is 1. The van der Waals surface area contributed by atoms with Gasteiger partial charge in [0.1, 0.15) is 11.1 Å². The van der Waals surface area contributed by atoms with Crippen LogP contribution in [-0.4, -0.2) is 21.9 Å². The molecule has 4 heteroatoms. The van der Waals surface area contributed by atoms with E-state index in [-0.39, 0.29) is 11.9 Å². The van der Waals surface area contributed by atoms with Crippen LogP contribution >= 0.6 is 11.8 Å². The van der Waals surface area contributed by atoms with E-state index < -0.39 is 0 Å². The van der Waals surface area contributed by atoms with Crippen LogP contribution in [0.25, 0.3) is 10.9 Å². The fraction of sp³-hybridized carbons (Fsp3) is 0.231. The number of aliphatic hydroxyl groups is 1. The van der Waals surface area contributed by atoms with Crippen molar-refractivity contribution in [1.82, 2.24) is 4.98 Å². The number of para-hydroxylation sites is 1. The first kappa shape index (κ1) is 11.9. The fourth-order valence-corrected chi connectivity index (χ4v) is 2.33. The second-order valence-corrected chi connectivity index (χ2v) is 5.18. The summed E-state index contributed by atoms with van der Waals surface area (Å²) in [5.41, 5.74) is 1.44. The van der Waals surface area contributed by atoms with Crippen molar-refractivity contribution in [2.75, 3.05) is 6.61 Å². The highest BCUT2D eigenvalue weighted by atomic mass is 32.2. The minimum absolute atomic E-state index is 0.0377. The molecule has 1 heterocycles. The molecule has 2 aromatic rings. The van der Waals surface area contributed by atoms with Crippen molar-refractivity contribution in [3.63, 3.8) is 0 Å². The van der Waals surface area contributed by atoms with Crippen molar-refractivity contribution in [3.8, 4) is 6.07 Å². The molecule has 0 aliphatic rings. The second-order valence-electron chi connectivity index (χ2n) is 3.76. The normalized spacial score (nSPS) is 12.3. The van der Waals surface area contributed by atoms with Gasteiger partial charge in [-0.05, 0) is 12.1 Å². The maximum atomic E-state index is 9.10. The topological polar surface area (TPSA) is 56.9 Å². The first-order valence-corrected chi connectivity index (χ1v) is 6.20. The van der Waals surface area contributed by atoms with Gasteiger partial charge in [0.05, 0.1) is 17.7 Å². The molecule has 3 nitrogen and oxygen atoms in total. The standard InChI is InChI=1S/C13H12N2OS/c1-9(8-16)17-13-11(7-14)6-10-4-2-3-5-12(10)15-13/h2-6,9,16H,8H2,1H3. The molecule has 0 fully saturated rings. The smallest absolute Gasteiger partial charge is 0.115 e. The molecular formula is C13H12N2OS. The van der Waals surface area contributed by atoms with Crippen LogP contribution in [0, 0.1) is 11.3 Å². The Balaban J connectivity index is 2.50. The third-order valence-corrected chi connectivity index (χ3v) is 3.47. The first-order chi connectivity index (χ1) is 8.24. The van der Waals surface area contributed by atoms with E-state index >= 15 is 0 Å². The van der Waals surface area contributed by atoms with Gasteiger partial charge in [-0.3, -0.25) is 0 Å². The van der Waals surface area contributed by atoms with Gasteiger partial charge in [0.15, 0.2) is 0 Å². The molecule has 0 aliphatic heterocycles. The largest absolute Gasteiger partial charge is 0.395 e. The lowest BCUT2D eigenvalue weighted by Gasteiger charge is -2.09. The number of benzene rings is 1. The Morgan fingerprint density at radius 2 is 2.24 bits per heavy atom. The summed E-state index contributed by atoms with van der Waals surface area (Å²) in [6.07, 6.45) is 0. The summed E-state index contributed by atoms with van der Waals surface area (Å²) in [6, 6.07) is 11.7. The SMILES string of the molecule is CC(CO)Sc1nc2ccccc2cc1C#N. The van der Waals surface area contributed by atoms with Crippen LogP contribution in [0.4, 0.5) is 0 Å². The van der Waals surface area contributed by atoms with Gasteiger partial charge in [0, 0.05) is 10.6 Å². The lowest BCUT2D eigenvalue weighted by Crippen LogP contribution is -2.03. The van der Waals surface area contributed by atoms with E-state index in [1.807, 2.05) is 37.3 Å². The number of thioether (sulfide) groups is 1. The van der Waals surface area contributed by atoms with E-state index in [4.69, 9.17) is 10.4 Å². The van der Waals surface area contributed by atoms with Crippen LogP contribution < -0.4 is 0 Å². The quantitative estimate of drug-likeness (QED) is 0.843. The van der Waals surface area contributed by atoms with Gasteiger partial charge in [-0.1, -0.05) is 36.9 Å². The molecule has 0 bridgehead atoms. The van der Waals surface area contributed by atoms with Crippen LogP contribution in [0.2, 0.25) is 0 Å². The Bertz CT molecular complexity index is 577. The van der Waals surface area contributed by atoms with Crippen LogP contribution in [0.1, 0.15) is 12.5 Å². The third-order valence-electron chi connectivity index (χ3n) is 2.38. The van der Waals surface area contributed by atoms with E-state index in [0.29, 0.717) is 10.6 Å². The Labute approximate surface area is 104 Å². The molecule has 86 valence electrons. The highest BCUT2D eigenvalue weighted by molar-refractivity contribution is 7.99. The number of fused-ring (bicyclic) bond motifs is 1. The van der Waals surface area contributed by atoms with E-state index in [1.54, 1.807) is 0 Å². The third kappa shape index (κ3) is 2.57. The predicted molar refractivity (Wildman–Crippen MR) is 68.9 cm³/mol. The number of pyridine rings is 1. The van der Waals surface area contributed by atoms with Gasteiger partial charge in [0.2, 0.25) is 0 Å². The Morgan fingerprint density at radius 3 is 2.94 bits per heavy atom. The molecule has 0 amide bonds. The number of nitriles is 1. The lowest BCUT2D eigenvalue weighted by molar-refractivity contribution is 0.300. The molecule has 0 saturated heterocycles. The number of nitrogens with zero attached hydrogens (tertiary/aromatic N) is 2. The number of hydrogen-bond acceptors (Lipinski definition) is 4. The summed E-state index contributed by atoms with van der Waals surface area (Å²) in [5.74, 6) is 0. The van der Waals surface area contributed by atoms with Gasteiger partial charge >= 0.3 is 0 Å². The molecule has 2 rings (SSSR count). The van der Waals surface area contributed by atoms with Gasteiger partial charge in [0.25, 0.3) is 0 Å². The van der Waals surface area contributed by atoms with Crippen molar-refractivity contribution < 1.29 is 5.11 Å². The molecule has 1 atom stereocenters. The molecule has 1 unspecified atom stereocenters. The van der Waals surface area contributed by atoms with E-state index in [2.05, 4.69) is 11.1 Å². The molecule has 0 saturated carbocycles. The number of aromatic nitrogens is 1. The maximum absolute atomic E-state index is 9.10. The van der Waals surface area contributed by atoms with Gasteiger partial charge in [-0.15, -0.1) is 0 Å². The highest BCUT2D eigenvalue weighted by Crippen LogP contribution is 2.27. The summed E-state index contributed by atoms with van der Waals surface area (Å²) < 4.78 is 0. The second kappa shape index (κ2) is 5.17. The number of aliphatic hydroxyl groups excluding tert-OH is 1. The molecule has 1 aromatic carbocycles. The zero-order valence-corrected chi connectivity index (χ0v) is 10.2. The van der Waals surface area contributed by atoms with Crippen LogP contribution in [0.15, 0.2) is 35.4 Å². The first-order valence-electron chi connectivity index (χ1n) is 5.32. The molecule has 17 heavy (non-hydrogen) atoms. The molecule has 0 aliphatic carbocycles. The molecule has 0 radical (unpaired) electrons. The zero-order chi connectivity index (χ0) is 12.3. The molecular weight excluding hydrogens is 232 g/mol. The summed E-state index contributed by atoms with van der Waals surface area (Å²) in [5, 5.41) is 19.8. The van der Waals surface area contributed by atoms with Crippen molar-refractivity contribution in [3.05, 3.63) is 35.9 Å². The van der Waals surface area contributed by atoms with Gasteiger partial charge in [-0.25, -0.2) is 4.98 Å². The maximum Gasteiger partial charge on any atom is 0.115 e. The summed E-state index contributed by atoms with van der Waals surface area (Å²) in [6.45, 7) is 1.98. The van der Waals surface area contributed by atoms with Crippen molar-refractivity contribution in [2.24, 2.45) is 0 Å². The summed E-state index contributed by atoms with van der Waals surface area (Å²) in [4.78, 5) is 4.46. The van der Waals surface area contributed by atoms with Crippen LogP contribution in [0.5, 0.6) is 0 Å². The molecule has 1 N–H and O–H groups in total. The summed E-state index contributed by atoms with van der Waals surface area (Å²) in [7, 11) is 0. The minimum Gasteiger partial charge on any atom is -0.395 e. The van der Waals surface area contributed by atoms with Gasteiger partial charge in [-0.2, -0.15) is 5.26 Å². The highest BCUT2D eigenvalue weighted by Gasteiger charge is 2.10. The van der Waals surface area contributed by atoms with Crippen molar-refractivity contribution >= 4 is 22.7 Å². The monoisotopic (exact) mass is 244 g/mol. The number of rotatable bonds is 3. The molecule has 1 aromatic heterocycles. The fourth-order valence-electron chi connectivity index (χ4n) is 1.50. The summed E-state index contributed by atoms with van der Waals surface area (Å²) >= 11 is 1.43. The van der Waals surface area contributed by atoms with E-state index in [1.165, 1.54) is 11.8 Å². The van der Waals surface area contributed by atoms with Crippen LogP contribution in [0.3, 0.4) is 0 Å². The van der Waals surface area contributed by atoms with Crippen molar-refractivity contribution in [2.45, 2.75) is 17.2 Å². The van der Waals surface area contributed by atoms with E-state index in [9.17, 15) is 0 Å². The predicted octanol–water partition coefficient (Wildman–Crippen LogP) is 2.58. The minimum atomic E-state index is 0.0377. The van der Waals surface area contributed by atoms with Gasteiger partial charge < -0.3 is 5.11 Å².